The summed E-state index contributed by atoms with van der Waals surface area (Å²) in [5.74, 6) is -1.96. The van der Waals surface area contributed by atoms with Crippen molar-refractivity contribution in [3.05, 3.63) is 35.1 Å². The van der Waals surface area contributed by atoms with Crippen LogP contribution in [0.25, 0.3) is 0 Å². The third-order valence-corrected chi connectivity index (χ3v) is 3.91. The van der Waals surface area contributed by atoms with E-state index in [1.165, 1.54) is 0 Å². The van der Waals surface area contributed by atoms with Gasteiger partial charge >= 0.3 is 6.18 Å². The average molecular weight is 303 g/mol. The number of amides is 1. The molecule has 0 radical (unpaired) electrons. The van der Waals surface area contributed by atoms with E-state index in [1.54, 1.807) is 0 Å². The summed E-state index contributed by atoms with van der Waals surface area (Å²) in [5.41, 5.74) is -1.98. The van der Waals surface area contributed by atoms with Gasteiger partial charge in [-0.2, -0.15) is 13.2 Å². The van der Waals surface area contributed by atoms with Gasteiger partial charge in [-0.05, 0) is 38.0 Å². The first kappa shape index (κ1) is 15.8. The van der Waals surface area contributed by atoms with E-state index in [2.05, 4.69) is 5.32 Å². The van der Waals surface area contributed by atoms with Gasteiger partial charge in [-0.25, -0.2) is 4.39 Å². The second-order valence-corrected chi connectivity index (χ2v) is 5.77. The predicted octanol–water partition coefficient (Wildman–Crippen LogP) is 4.30. The molecule has 21 heavy (non-hydrogen) atoms. The highest BCUT2D eigenvalue weighted by Gasteiger charge is 2.35. The molecule has 0 spiro atoms. The highest BCUT2D eigenvalue weighted by molar-refractivity contribution is 5.94. The lowest BCUT2D eigenvalue weighted by Crippen LogP contribution is -2.47. The van der Waals surface area contributed by atoms with Gasteiger partial charge in [0.05, 0.1) is 5.56 Å². The van der Waals surface area contributed by atoms with Gasteiger partial charge in [0.15, 0.2) is 0 Å². The van der Waals surface area contributed by atoms with E-state index in [0.29, 0.717) is 12.1 Å². The summed E-state index contributed by atoms with van der Waals surface area (Å²) in [6, 6.07) is 2.32. The molecule has 0 bridgehead atoms. The van der Waals surface area contributed by atoms with Crippen LogP contribution in [0.5, 0.6) is 0 Å². The molecule has 0 unspecified atom stereocenters. The maximum absolute atomic E-state index is 13.2. The Hall–Kier alpha value is -1.59. The van der Waals surface area contributed by atoms with E-state index < -0.39 is 29.0 Å². The van der Waals surface area contributed by atoms with Crippen LogP contribution in [0.15, 0.2) is 18.2 Å². The minimum atomic E-state index is -4.81. The van der Waals surface area contributed by atoms with E-state index in [9.17, 15) is 22.4 Å². The number of hydrogen-bond donors (Lipinski definition) is 1. The Labute approximate surface area is 120 Å². The maximum atomic E-state index is 13.2. The van der Waals surface area contributed by atoms with Crippen LogP contribution in [0, 0.1) is 5.82 Å². The Morgan fingerprint density at radius 1 is 1.19 bits per heavy atom. The molecule has 1 aromatic rings. The highest BCUT2D eigenvalue weighted by atomic mass is 19.4. The van der Waals surface area contributed by atoms with Crippen molar-refractivity contribution in [1.29, 1.82) is 0 Å². The smallest absolute Gasteiger partial charge is 0.347 e. The fraction of sp³-hybridized carbons (Fsp3) is 0.533. The van der Waals surface area contributed by atoms with Crippen molar-refractivity contribution in [2.24, 2.45) is 0 Å². The van der Waals surface area contributed by atoms with Crippen LogP contribution in [-0.2, 0) is 6.18 Å². The van der Waals surface area contributed by atoms with Crippen molar-refractivity contribution in [2.75, 3.05) is 0 Å². The Kier molecular flexibility index (Phi) is 4.25. The molecule has 1 saturated carbocycles. The Bertz CT molecular complexity index is 533. The van der Waals surface area contributed by atoms with E-state index in [1.807, 2.05) is 6.92 Å². The van der Waals surface area contributed by atoms with Crippen LogP contribution in [0.3, 0.4) is 0 Å². The van der Waals surface area contributed by atoms with Gasteiger partial charge in [0.2, 0.25) is 0 Å². The Balaban J connectivity index is 2.20. The molecule has 6 heteroatoms. The largest absolute Gasteiger partial charge is 0.419 e. The number of carbonyl (C=O) groups excluding carboxylic acids is 1. The molecular weight excluding hydrogens is 286 g/mol. The van der Waals surface area contributed by atoms with Crippen LogP contribution >= 0.6 is 0 Å². The van der Waals surface area contributed by atoms with Crippen molar-refractivity contribution in [1.82, 2.24) is 5.32 Å². The zero-order chi connectivity index (χ0) is 15.7. The van der Waals surface area contributed by atoms with Crippen LogP contribution in [-0.4, -0.2) is 11.4 Å². The van der Waals surface area contributed by atoms with Gasteiger partial charge in [-0.3, -0.25) is 4.79 Å². The number of carbonyl (C=O) groups is 1. The molecule has 0 atom stereocenters. The fourth-order valence-electron chi connectivity index (χ4n) is 2.69. The molecule has 1 fully saturated rings. The zero-order valence-electron chi connectivity index (χ0n) is 11.7. The van der Waals surface area contributed by atoms with Crippen molar-refractivity contribution < 1.29 is 22.4 Å². The average Bonchev–Trinajstić information content (AvgIpc) is 2.38. The number of nitrogens with one attached hydrogen (secondary N) is 1. The van der Waals surface area contributed by atoms with E-state index in [0.717, 1.165) is 38.2 Å². The van der Waals surface area contributed by atoms with Crippen LogP contribution < -0.4 is 5.32 Å². The highest BCUT2D eigenvalue weighted by Crippen LogP contribution is 2.32. The molecule has 1 amide bonds. The number of benzene rings is 1. The predicted molar refractivity (Wildman–Crippen MR) is 70.4 cm³/mol. The Morgan fingerprint density at radius 2 is 1.81 bits per heavy atom. The molecule has 1 aliphatic rings. The molecule has 2 nitrogen and oxygen atoms in total. The van der Waals surface area contributed by atoms with E-state index in [4.69, 9.17) is 0 Å². The van der Waals surface area contributed by atoms with Crippen molar-refractivity contribution in [2.45, 2.75) is 50.7 Å². The molecule has 0 saturated heterocycles. The summed E-state index contributed by atoms with van der Waals surface area (Å²) in [5, 5.41) is 2.78. The molecule has 0 heterocycles. The number of hydrogen-bond acceptors (Lipinski definition) is 1. The number of rotatable bonds is 2. The summed E-state index contributed by atoms with van der Waals surface area (Å²) < 4.78 is 51.2. The lowest BCUT2D eigenvalue weighted by Gasteiger charge is -2.34. The fourth-order valence-corrected chi connectivity index (χ4v) is 2.69. The van der Waals surface area contributed by atoms with E-state index >= 15 is 0 Å². The SMILES string of the molecule is CC1(NC(=O)c2ccc(F)c(C(F)(F)F)c2)CCCCC1. The molecule has 0 aromatic heterocycles. The van der Waals surface area contributed by atoms with Gasteiger partial charge < -0.3 is 5.32 Å². The van der Waals surface area contributed by atoms with Gasteiger partial charge in [0.1, 0.15) is 5.82 Å². The minimum absolute atomic E-state index is 0.171. The summed E-state index contributed by atoms with van der Waals surface area (Å²) in [4.78, 5) is 12.1. The Morgan fingerprint density at radius 3 is 2.38 bits per heavy atom. The van der Waals surface area contributed by atoms with Crippen LogP contribution in [0.4, 0.5) is 17.6 Å². The molecule has 1 aliphatic carbocycles. The first-order chi connectivity index (χ1) is 9.71. The van der Waals surface area contributed by atoms with Crippen molar-refractivity contribution in [3.8, 4) is 0 Å². The number of alkyl halides is 3. The van der Waals surface area contributed by atoms with Crippen LogP contribution in [0.2, 0.25) is 0 Å². The van der Waals surface area contributed by atoms with E-state index in [-0.39, 0.29) is 5.56 Å². The minimum Gasteiger partial charge on any atom is -0.347 e. The summed E-state index contributed by atoms with van der Waals surface area (Å²) in [6.45, 7) is 1.89. The summed E-state index contributed by atoms with van der Waals surface area (Å²) >= 11 is 0. The second-order valence-electron chi connectivity index (χ2n) is 5.77. The summed E-state index contributed by atoms with van der Waals surface area (Å²) in [7, 11) is 0. The van der Waals surface area contributed by atoms with Crippen molar-refractivity contribution in [3.63, 3.8) is 0 Å². The third kappa shape index (κ3) is 3.74. The molecule has 2 rings (SSSR count). The van der Waals surface area contributed by atoms with Gasteiger partial charge in [0.25, 0.3) is 5.91 Å². The van der Waals surface area contributed by atoms with Crippen LogP contribution in [0.1, 0.15) is 54.9 Å². The first-order valence-corrected chi connectivity index (χ1v) is 6.91. The molecular formula is C15H17F4NO. The topological polar surface area (TPSA) is 29.1 Å². The monoisotopic (exact) mass is 303 g/mol. The second kappa shape index (κ2) is 5.66. The third-order valence-electron chi connectivity index (χ3n) is 3.91. The molecule has 1 N–H and O–H groups in total. The van der Waals surface area contributed by atoms with Crippen molar-refractivity contribution >= 4 is 5.91 Å². The first-order valence-electron chi connectivity index (χ1n) is 6.91. The van der Waals surface area contributed by atoms with Gasteiger partial charge in [-0.15, -0.1) is 0 Å². The quantitative estimate of drug-likeness (QED) is 0.811. The molecule has 0 aliphatic heterocycles. The number of halogens is 4. The maximum Gasteiger partial charge on any atom is 0.419 e. The molecule has 116 valence electrons. The van der Waals surface area contributed by atoms with Gasteiger partial charge in [-0.1, -0.05) is 19.3 Å². The van der Waals surface area contributed by atoms with Gasteiger partial charge in [0, 0.05) is 11.1 Å². The standard InChI is InChI=1S/C15H17F4NO/c1-14(7-3-2-4-8-14)20-13(21)10-5-6-12(16)11(9-10)15(17,18)19/h5-6,9H,2-4,7-8H2,1H3,(H,20,21). The lowest BCUT2D eigenvalue weighted by atomic mass is 9.83. The zero-order valence-corrected chi connectivity index (χ0v) is 11.7. The normalized spacial score (nSPS) is 18.3. The summed E-state index contributed by atoms with van der Waals surface area (Å²) in [6.07, 6.45) is -0.157. The lowest BCUT2D eigenvalue weighted by molar-refractivity contribution is -0.140. The molecule has 1 aromatic carbocycles.